The molecule has 3 N–H and O–H groups in total. The Labute approximate surface area is 252 Å². The molecule has 1 aliphatic rings. The number of aliphatic hydroxyl groups is 1. The fourth-order valence-corrected chi connectivity index (χ4v) is 5.17. The van der Waals surface area contributed by atoms with E-state index in [9.17, 15) is 14.2 Å². The Balaban J connectivity index is 0.00000533. The van der Waals surface area contributed by atoms with E-state index in [1.807, 2.05) is 48.5 Å². The number of phosphoric acid groups is 1. The second-order valence-electron chi connectivity index (χ2n) is 8.40. The minimum absolute atomic E-state index is 0. The number of amides is 2. The average molecular weight is 784 g/mol. The molecule has 0 saturated heterocycles. The maximum atomic E-state index is 12.9. The van der Waals surface area contributed by atoms with Gasteiger partial charge in [0.1, 0.15) is 12.6 Å². The van der Waals surface area contributed by atoms with Crippen LogP contribution in [0.15, 0.2) is 61.2 Å². The van der Waals surface area contributed by atoms with Gasteiger partial charge in [0.2, 0.25) is 5.91 Å². The third-order valence-electron chi connectivity index (χ3n) is 5.73. The predicted octanol–water partition coefficient (Wildman–Crippen LogP) is 3.96. The van der Waals surface area contributed by atoms with Gasteiger partial charge in [-0.15, -0.1) is 6.58 Å². The first-order valence-electron chi connectivity index (χ1n) is 12.4. The van der Waals surface area contributed by atoms with E-state index in [2.05, 4.69) is 24.1 Å². The van der Waals surface area contributed by atoms with Gasteiger partial charge in [0, 0.05) is 56.8 Å². The van der Waals surface area contributed by atoms with Crippen LogP contribution >= 0.6 is 7.82 Å². The van der Waals surface area contributed by atoms with Gasteiger partial charge in [-0.1, -0.05) is 54.6 Å². The Morgan fingerprint density at radius 2 is 1.72 bits per heavy atom. The minimum atomic E-state index is -4.05. The fourth-order valence-electron chi connectivity index (χ4n) is 3.98. The zero-order valence-corrected chi connectivity index (χ0v) is 26.7. The van der Waals surface area contributed by atoms with Crippen LogP contribution in [0.4, 0.5) is 4.79 Å². The van der Waals surface area contributed by atoms with Crippen LogP contribution in [-0.4, -0.2) is 62.7 Å². The summed E-state index contributed by atoms with van der Waals surface area (Å²) in [4.78, 5) is 25.5. The standard InChI is InChI=1S/C27H34N2O8P.U/c1-3-16-35-38(33,36-17-4-2)37-19-25(26(31)28-14-9-15-30)29-27(32)34-18-24-22-12-7-5-10-20(22)21-11-6-8-13-23(21)24;/h3,5-8,10-13,24-25,30H,1-2,4,9,14-19H2,(H,28,31)(H,29,32);/q-1;. The van der Waals surface area contributed by atoms with Gasteiger partial charge in [-0.3, -0.25) is 18.4 Å². The number of hydrogen-bond acceptors (Lipinski definition) is 8. The Morgan fingerprint density at radius 1 is 1.08 bits per heavy atom. The molecule has 0 heterocycles. The molecule has 3 rings (SSSR count). The molecule has 210 valence electrons. The number of fused-ring (bicyclic) bond motifs is 3. The molecule has 0 spiro atoms. The molecule has 39 heavy (non-hydrogen) atoms. The van der Waals surface area contributed by atoms with Gasteiger partial charge in [0.15, 0.2) is 0 Å². The minimum Gasteiger partial charge on any atom is -0.449 e. The van der Waals surface area contributed by atoms with Crippen LogP contribution in [0.25, 0.3) is 11.1 Å². The third kappa shape index (κ3) is 9.58. The molecule has 0 aromatic heterocycles. The number of ether oxygens (including phenoxy) is 1. The molecule has 10 nitrogen and oxygen atoms in total. The monoisotopic (exact) mass is 783 g/mol. The summed E-state index contributed by atoms with van der Waals surface area (Å²) in [6.45, 7) is 6.60. The molecule has 2 aromatic rings. The van der Waals surface area contributed by atoms with E-state index in [-0.39, 0.29) is 70.0 Å². The van der Waals surface area contributed by atoms with Gasteiger partial charge in [0.25, 0.3) is 0 Å². The van der Waals surface area contributed by atoms with E-state index in [0.717, 1.165) is 22.3 Å². The van der Waals surface area contributed by atoms with Crippen LogP contribution in [-0.2, 0) is 27.7 Å². The molecule has 1 aliphatic carbocycles. The predicted molar refractivity (Wildman–Crippen MR) is 142 cm³/mol. The molecule has 2 unspecified atom stereocenters. The van der Waals surface area contributed by atoms with E-state index in [4.69, 9.17) is 23.4 Å². The maximum Gasteiger partial charge on any atom is 0.475 e. The molecule has 0 saturated carbocycles. The fraction of sp³-hybridized carbons (Fsp3) is 0.370. The molecule has 2 atom stereocenters. The van der Waals surface area contributed by atoms with Crippen molar-refractivity contribution in [3.8, 4) is 11.1 Å². The number of carbonyl (C=O) groups is 2. The van der Waals surface area contributed by atoms with Gasteiger partial charge in [0.05, 0.1) is 13.2 Å². The van der Waals surface area contributed by atoms with Crippen molar-refractivity contribution in [2.45, 2.75) is 24.8 Å². The van der Waals surface area contributed by atoms with E-state index in [0.29, 0.717) is 12.8 Å². The molecule has 0 radical (unpaired) electrons. The summed E-state index contributed by atoms with van der Waals surface area (Å²) >= 11 is 0. The molecule has 2 aromatic carbocycles. The first kappa shape index (κ1) is 33.2. The van der Waals surface area contributed by atoms with Crippen LogP contribution in [0.5, 0.6) is 0 Å². The normalized spacial score (nSPS) is 14.2. The van der Waals surface area contributed by atoms with Crippen molar-refractivity contribution in [1.29, 1.82) is 0 Å². The van der Waals surface area contributed by atoms with Gasteiger partial charge in [-0.05, 0) is 28.7 Å². The molecular weight excluding hydrogens is 749 g/mol. The Morgan fingerprint density at radius 3 is 2.31 bits per heavy atom. The van der Waals surface area contributed by atoms with Crippen molar-refractivity contribution in [2.24, 2.45) is 0 Å². The zero-order chi connectivity index (χ0) is 27.4. The van der Waals surface area contributed by atoms with E-state index >= 15 is 0 Å². The Hall–Kier alpha value is -1.96. The quantitative estimate of drug-likeness (QED) is 0.101. The van der Waals surface area contributed by atoms with Crippen molar-refractivity contribution in [3.63, 3.8) is 0 Å². The zero-order valence-electron chi connectivity index (χ0n) is 21.7. The summed E-state index contributed by atoms with van der Waals surface area (Å²) in [5.74, 6) is -0.774. The number of rotatable bonds is 16. The molecular formula is C27H34N2O8PU-. The SMILES string of the molecule is C=CCOP(=O)(OCC[CH2-])OCC(NC(=O)OCC1c2ccccc2-c2ccccc21)C(=O)NCCCO.[U]. The van der Waals surface area contributed by atoms with E-state index < -0.39 is 32.5 Å². The van der Waals surface area contributed by atoms with Crippen LogP contribution < -0.4 is 10.6 Å². The summed E-state index contributed by atoms with van der Waals surface area (Å²) in [7, 11) is -4.05. The number of benzene rings is 2. The molecule has 0 fully saturated rings. The summed E-state index contributed by atoms with van der Waals surface area (Å²) < 4.78 is 34.1. The summed E-state index contributed by atoms with van der Waals surface area (Å²) in [5, 5.41) is 14.1. The van der Waals surface area contributed by atoms with Crippen LogP contribution in [0.2, 0.25) is 0 Å². The first-order valence-corrected chi connectivity index (χ1v) is 13.8. The number of hydrogen-bond donors (Lipinski definition) is 3. The van der Waals surface area contributed by atoms with Gasteiger partial charge >= 0.3 is 13.9 Å². The van der Waals surface area contributed by atoms with Crippen molar-refractivity contribution >= 4 is 19.8 Å². The number of carbonyl (C=O) groups excluding carboxylic acids is 2. The smallest absolute Gasteiger partial charge is 0.449 e. The largest absolute Gasteiger partial charge is 0.475 e. The van der Waals surface area contributed by atoms with Crippen molar-refractivity contribution in [3.05, 3.63) is 79.2 Å². The summed E-state index contributed by atoms with van der Waals surface area (Å²) in [5.41, 5.74) is 4.27. The molecule has 2 amide bonds. The van der Waals surface area contributed by atoms with Crippen molar-refractivity contribution in [1.82, 2.24) is 10.6 Å². The van der Waals surface area contributed by atoms with Crippen molar-refractivity contribution < 1.29 is 68.7 Å². The molecule has 0 bridgehead atoms. The molecule has 0 aliphatic heterocycles. The summed E-state index contributed by atoms with van der Waals surface area (Å²) in [6, 6.07) is 14.6. The first-order chi connectivity index (χ1) is 18.4. The number of alkyl carbamates (subject to hydrolysis) is 1. The molecule has 12 heteroatoms. The van der Waals surface area contributed by atoms with Crippen LogP contribution in [0, 0.1) is 38.0 Å². The summed E-state index contributed by atoms with van der Waals surface area (Å²) in [6.07, 6.45) is 1.15. The second-order valence-corrected chi connectivity index (χ2v) is 10.1. The van der Waals surface area contributed by atoms with Gasteiger partial charge < -0.3 is 27.4 Å². The van der Waals surface area contributed by atoms with Gasteiger partial charge in [-0.25, -0.2) is 9.36 Å². The topological polar surface area (TPSA) is 132 Å². The van der Waals surface area contributed by atoms with Crippen LogP contribution in [0.3, 0.4) is 0 Å². The number of nitrogens with one attached hydrogen (secondary N) is 2. The van der Waals surface area contributed by atoms with Crippen LogP contribution in [0.1, 0.15) is 29.9 Å². The maximum absolute atomic E-state index is 12.9. The Kier molecular flexibility index (Phi) is 14.5. The van der Waals surface area contributed by atoms with E-state index in [1.54, 1.807) is 0 Å². The van der Waals surface area contributed by atoms with Gasteiger partial charge in [-0.2, -0.15) is 6.42 Å². The van der Waals surface area contributed by atoms with Crippen molar-refractivity contribution in [2.75, 3.05) is 39.6 Å². The Bertz CT molecular complexity index is 1100. The third-order valence-corrected chi connectivity index (χ3v) is 7.16. The average Bonchev–Trinajstić information content (AvgIpc) is 3.25. The number of phosphoric ester groups is 1. The number of aliphatic hydroxyl groups excluding tert-OH is 1. The second kappa shape index (κ2) is 17.0. The van der Waals surface area contributed by atoms with E-state index in [1.165, 1.54) is 6.08 Å².